The number of hydrogen-bond acceptors (Lipinski definition) is 4. The molecule has 1 aromatic heterocycles. The molecular formula is C17H20N2O3S. The van der Waals surface area contributed by atoms with E-state index < -0.39 is 11.8 Å². The van der Waals surface area contributed by atoms with Gasteiger partial charge in [0.1, 0.15) is 5.75 Å². The summed E-state index contributed by atoms with van der Waals surface area (Å²) in [6, 6.07) is 9.24. The smallest absolute Gasteiger partial charge is 0.313 e. The minimum atomic E-state index is -0.702. The van der Waals surface area contributed by atoms with Crippen LogP contribution in [0.3, 0.4) is 0 Å². The second-order valence-electron chi connectivity index (χ2n) is 5.32. The summed E-state index contributed by atoms with van der Waals surface area (Å²) in [6.07, 6.45) is 0.699. The van der Waals surface area contributed by atoms with Crippen molar-refractivity contribution in [3.05, 3.63) is 46.2 Å². The number of benzene rings is 1. The molecule has 5 nitrogen and oxygen atoms in total. The molecule has 6 heteroatoms. The van der Waals surface area contributed by atoms with Gasteiger partial charge in [0.05, 0.1) is 12.8 Å². The number of hydrogen-bond donors (Lipinski definition) is 2. The first-order valence-electron chi connectivity index (χ1n) is 7.28. The van der Waals surface area contributed by atoms with Crippen LogP contribution in [0, 0.1) is 6.92 Å². The fourth-order valence-corrected chi connectivity index (χ4v) is 3.00. The topological polar surface area (TPSA) is 67.4 Å². The van der Waals surface area contributed by atoms with Gasteiger partial charge in [-0.2, -0.15) is 0 Å². The van der Waals surface area contributed by atoms with Crippen LogP contribution in [0.15, 0.2) is 35.7 Å². The maximum atomic E-state index is 12.1. The van der Waals surface area contributed by atoms with Crippen LogP contribution in [0.1, 0.15) is 17.4 Å². The number of amides is 2. The molecule has 122 valence electrons. The average Bonchev–Trinajstić information content (AvgIpc) is 3.00. The van der Waals surface area contributed by atoms with E-state index >= 15 is 0 Å². The average molecular weight is 332 g/mol. The van der Waals surface area contributed by atoms with E-state index in [-0.39, 0.29) is 6.04 Å². The lowest BCUT2D eigenvalue weighted by atomic mass is 10.2. The molecule has 0 spiro atoms. The number of thiophene rings is 1. The maximum Gasteiger partial charge on any atom is 0.313 e. The van der Waals surface area contributed by atoms with Crippen molar-refractivity contribution in [1.29, 1.82) is 0 Å². The van der Waals surface area contributed by atoms with Gasteiger partial charge in [-0.25, -0.2) is 0 Å². The summed E-state index contributed by atoms with van der Waals surface area (Å²) in [4.78, 5) is 25.2. The molecule has 0 radical (unpaired) electrons. The summed E-state index contributed by atoms with van der Waals surface area (Å²) in [5.41, 5.74) is 1.45. The van der Waals surface area contributed by atoms with Crippen molar-refractivity contribution < 1.29 is 14.3 Å². The molecule has 0 saturated heterocycles. The second kappa shape index (κ2) is 7.78. The zero-order chi connectivity index (χ0) is 16.8. The van der Waals surface area contributed by atoms with Crippen LogP contribution in [-0.4, -0.2) is 25.0 Å². The highest BCUT2D eigenvalue weighted by Gasteiger charge is 2.18. The number of aryl methyl sites for hydroxylation is 1. The van der Waals surface area contributed by atoms with E-state index in [4.69, 9.17) is 4.74 Å². The fraction of sp³-hybridized carbons (Fsp3) is 0.294. The van der Waals surface area contributed by atoms with Crippen LogP contribution >= 0.6 is 11.3 Å². The molecule has 2 aromatic rings. The number of rotatable bonds is 5. The largest absolute Gasteiger partial charge is 0.495 e. The Labute approximate surface area is 139 Å². The number of nitrogens with one attached hydrogen (secondary N) is 2. The monoisotopic (exact) mass is 332 g/mol. The number of carbonyl (C=O) groups is 2. The lowest BCUT2D eigenvalue weighted by Crippen LogP contribution is -2.41. The normalized spacial score (nSPS) is 11.6. The van der Waals surface area contributed by atoms with Gasteiger partial charge >= 0.3 is 11.8 Å². The van der Waals surface area contributed by atoms with Gasteiger partial charge in [0.15, 0.2) is 0 Å². The van der Waals surface area contributed by atoms with Crippen molar-refractivity contribution in [2.45, 2.75) is 26.3 Å². The lowest BCUT2D eigenvalue weighted by molar-refractivity contribution is -0.136. The highest BCUT2D eigenvalue weighted by atomic mass is 32.1. The Bertz CT molecular complexity index is 683. The Morgan fingerprint density at radius 3 is 2.70 bits per heavy atom. The summed E-state index contributed by atoms with van der Waals surface area (Å²) in [5.74, 6) is -0.840. The molecule has 1 atom stereocenters. The standard InChI is InChI=1S/C17H20N2O3S/c1-11-6-7-15(22-3)14(9-11)19-17(21)16(20)18-12(2)10-13-5-4-8-23-13/h4-9,12H,10H2,1-3H3,(H,18,20)(H,19,21)/t12-/m1/s1. The molecule has 1 aromatic carbocycles. The van der Waals surface area contributed by atoms with Crippen molar-refractivity contribution >= 4 is 28.8 Å². The first kappa shape index (κ1) is 17.0. The van der Waals surface area contributed by atoms with Crippen molar-refractivity contribution in [3.8, 4) is 5.75 Å². The predicted molar refractivity (Wildman–Crippen MR) is 92.0 cm³/mol. The van der Waals surface area contributed by atoms with Gasteiger partial charge in [-0.1, -0.05) is 12.1 Å². The van der Waals surface area contributed by atoms with Crippen LogP contribution in [0.25, 0.3) is 0 Å². The maximum absolute atomic E-state index is 12.1. The van der Waals surface area contributed by atoms with E-state index in [1.807, 2.05) is 37.4 Å². The lowest BCUT2D eigenvalue weighted by Gasteiger charge is -2.14. The fourth-order valence-electron chi connectivity index (χ4n) is 2.17. The SMILES string of the molecule is COc1ccc(C)cc1NC(=O)C(=O)N[C@H](C)Cc1cccs1. The highest BCUT2D eigenvalue weighted by Crippen LogP contribution is 2.25. The number of ether oxygens (including phenoxy) is 1. The van der Waals surface area contributed by atoms with Crippen molar-refractivity contribution in [2.24, 2.45) is 0 Å². The summed E-state index contributed by atoms with van der Waals surface area (Å²) in [5, 5.41) is 7.28. The summed E-state index contributed by atoms with van der Waals surface area (Å²) in [6.45, 7) is 3.77. The number of carbonyl (C=O) groups excluding carboxylic acids is 2. The first-order chi connectivity index (χ1) is 11.0. The van der Waals surface area contributed by atoms with Crippen LogP contribution in [0.2, 0.25) is 0 Å². The van der Waals surface area contributed by atoms with Crippen LogP contribution in [-0.2, 0) is 16.0 Å². The Kier molecular flexibility index (Phi) is 5.76. The third-order valence-corrected chi connectivity index (χ3v) is 4.17. The minimum absolute atomic E-state index is 0.119. The van der Waals surface area contributed by atoms with E-state index in [9.17, 15) is 9.59 Å². The third kappa shape index (κ3) is 4.82. The zero-order valence-electron chi connectivity index (χ0n) is 13.4. The Morgan fingerprint density at radius 2 is 2.04 bits per heavy atom. The molecular weight excluding hydrogens is 312 g/mol. The number of anilines is 1. The van der Waals surface area contributed by atoms with Crippen molar-refractivity contribution in [3.63, 3.8) is 0 Å². The Hall–Kier alpha value is -2.34. The molecule has 0 aliphatic heterocycles. The number of methoxy groups -OCH3 is 1. The van der Waals surface area contributed by atoms with Crippen molar-refractivity contribution in [1.82, 2.24) is 5.32 Å². The van der Waals surface area contributed by atoms with E-state index in [1.54, 1.807) is 23.5 Å². The quantitative estimate of drug-likeness (QED) is 0.827. The summed E-state index contributed by atoms with van der Waals surface area (Å²) >= 11 is 1.63. The molecule has 1 heterocycles. The molecule has 0 saturated carbocycles. The van der Waals surface area contributed by atoms with E-state index in [0.29, 0.717) is 17.9 Å². The van der Waals surface area contributed by atoms with Gasteiger partial charge in [0.2, 0.25) is 0 Å². The van der Waals surface area contributed by atoms with Crippen LogP contribution in [0.5, 0.6) is 5.75 Å². The summed E-state index contributed by atoms with van der Waals surface area (Å²) < 4.78 is 5.19. The molecule has 23 heavy (non-hydrogen) atoms. The molecule has 0 unspecified atom stereocenters. The van der Waals surface area contributed by atoms with Gasteiger partial charge in [0.25, 0.3) is 0 Å². The molecule has 0 aliphatic rings. The van der Waals surface area contributed by atoms with E-state index in [0.717, 1.165) is 5.56 Å². The van der Waals surface area contributed by atoms with E-state index in [2.05, 4.69) is 10.6 Å². The Morgan fingerprint density at radius 1 is 1.26 bits per heavy atom. The molecule has 2 rings (SSSR count). The van der Waals surface area contributed by atoms with E-state index in [1.165, 1.54) is 12.0 Å². The molecule has 2 amide bonds. The summed E-state index contributed by atoms with van der Waals surface area (Å²) in [7, 11) is 1.52. The highest BCUT2D eigenvalue weighted by molar-refractivity contribution is 7.09. The predicted octanol–water partition coefficient (Wildman–Crippen LogP) is 2.75. The molecule has 0 bridgehead atoms. The van der Waals surface area contributed by atoms with Gasteiger partial charge in [-0.05, 0) is 43.0 Å². The van der Waals surface area contributed by atoms with Crippen LogP contribution in [0.4, 0.5) is 5.69 Å². The van der Waals surface area contributed by atoms with Gasteiger partial charge < -0.3 is 15.4 Å². The van der Waals surface area contributed by atoms with Gasteiger partial charge in [-0.15, -0.1) is 11.3 Å². The molecule has 0 aliphatic carbocycles. The minimum Gasteiger partial charge on any atom is -0.495 e. The second-order valence-corrected chi connectivity index (χ2v) is 6.35. The Balaban J connectivity index is 1.95. The molecule has 0 fully saturated rings. The first-order valence-corrected chi connectivity index (χ1v) is 8.16. The zero-order valence-corrected chi connectivity index (χ0v) is 14.2. The third-order valence-electron chi connectivity index (χ3n) is 3.27. The van der Waals surface area contributed by atoms with Crippen LogP contribution < -0.4 is 15.4 Å². The van der Waals surface area contributed by atoms with Crippen molar-refractivity contribution in [2.75, 3.05) is 12.4 Å². The molecule has 2 N–H and O–H groups in total. The van der Waals surface area contributed by atoms with Gasteiger partial charge in [0, 0.05) is 17.3 Å². The van der Waals surface area contributed by atoms with Gasteiger partial charge in [-0.3, -0.25) is 9.59 Å².